The molecule has 1 aliphatic heterocycles. The number of anilines is 3. The fourth-order valence-electron chi connectivity index (χ4n) is 2.69. The minimum atomic E-state index is -0.387. The highest BCUT2D eigenvalue weighted by molar-refractivity contribution is 5.90. The first-order valence-electron chi connectivity index (χ1n) is 8.82. The number of rotatable bonds is 6. The molecule has 27 heavy (non-hydrogen) atoms. The van der Waals surface area contributed by atoms with Crippen molar-refractivity contribution in [3.05, 3.63) is 42.0 Å². The molecular weight excluding hydrogens is 351 g/mol. The normalized spacial score (nSPS) is 13.9. The van der Waals surface area contributed by atoms with Gasteiger partial charge in [0.15, 0.2) is 0 Å². The van der Waals surface area contributed by atoms with E-state index in [0.717, 1.165) is 18.9 Å². The van der Waals surface area contributed by atoms with Gasteiger partial charge in [-0.05, 0) is 19.1 Å². The number of carbonyl (C=O) groups excluding carboxylic acids is 1. The third kappa shape index (κ3) is 5.27. The molecule has 144 valence electrons. The number of morpholine rings is 1. The summed E-state index contributed by atoms with van der Waals surface area (Å²) >= 11 is 0. The van der Waals surface area contributed by atoms with Gasteiger partial charge in [-0.1, -0.05) is 6.07 Å². The molecule has 1 aromatic carbocycles. The molecule has 1 aliphatic rings. The smallest absolute Gasteiger partial charge is 0.319 e. The molecule has 1 fully saturated rings. The molecule has 9 heteroatoms. The summed E-state index contributed by atoms with van der Waals surface area (Å²) < 4.78 is 18.8. The highest BCUT2D eigenvalue weighted by atomic mass is 19.1. The Morgan fingerprint density at radius 2 is 2.07 bits per heavy atom. The van der Waals surface area contributed by atoms with Crippen LogP contribution in [0.4, 0.5) is 26.5 Å². The third-order valence-electron chi connectivity index (χ3n) is 4.22. The molecule has 3 N–H and O–H groups in total. The van der Waals surface area contributed by atoms with Crippen LogP contribution in [-0.2, 0) is 4.74 Å². The summed E-state index contributed by atoms with van der Waals surface area (Å²) in [6.45, 7) is 5.49. The lowest BCUT2D eigenvalue weighted by atomic mass is 10.2. The lowest BCUT2D eigenvalue weighted by molar-refractivity contribution is 0.122. The van der Waals surface area contributed by atoms with Gasteiger partial charge in [0.1, 0.15) is 23.8 Å². The minimum Gasteiger partial charge on any atom is -0.378 e. The number of ether oxygens (including phenoxy) is 1. The summed E-state index contributed by atoms with van der Waals surface area (Å²) in [5.41, 5.74) is 0.855. The average molecular weight is 374 g/mol. The number of amides is 2. The molecule has 0 unspecified atom stereocenters. The Hall–Kier alpha value is -2.94. The van der Waals surface area contributed by atoms with Crippen molar-refractivity contribution >= 4 is 23.4 Å². The molecular formula is C18H23FN6O2. The van der Waals surface area contributed by atoms with Gasteiger partial charge in [0.25, 0.3) is 0 Å². The number of halogens is 1. The summed E-state index contributed by atoms with van der Waals surface area (Å²) in [5, 5.41) is 8.51. The maximum Gasteiger partial charge on any atom is 0.319 e. The van der Waals surface area contributed by atoms with Gasteiger partial charge in [-0.2, -0.15) is 0 Å². The van der Waals surface area contributed by atoms with Crippen LogP contribution < -0.4 is 20.9 Å². The number of benzene rings is 1. The van der Waals surface area contributed by atoms with E-state index in [9.17, 15) is 9.18 Å². The van der Waals surface area contributed by atoms with Crippen molar-refractivity contribution in [2.75, 3.05) is 54.9 Å². The molecule has 0 atom stereocenters. The maximum atomic E-state index is 13.5. The SMILES string of the molecule is Cc1c(F)cccc1NC(=O)NCCNc1cc(N2CCOCC2)ncn1. The zero-order valence-electron chi connectivity index (χ0n) is 15.2. The topological polar surface area (TPSA) is 91.4 Å². The van der Waals surface area contributed by atoms with Crippen molar-refractivity contribution < 1.29 is 13.9 Å². The second-order valence-corrected chi connectivity index (χ2v) is 6.08. The van der Waals surface area contributed by atoms with Gasteiger partial charge in [-0.15, -0.1) is 0 Å². The first kappa shape index (κ1) is 18.8. The van der Waals surface area contributed by atoms with Crippen LogP contribution in [0.1, 0.15) is 5.56 Å². The summed E-state index contributed by atoms with van der Waals surface area (Å²) in [5.74, 6) is 1.19. The number of urea groups is 1. The van der Waals surface area contributed by atoms with Crippen LogP contribution in [0.2, 0.25) is 0 Å². The average Bonchev–Trinajstić information content (AvgIpc) is 2.70. The van der Waals surface area contributed by atoms with Crippen LogP contribution in [0.5, 0.6) is 0 Å². The molecule has 0 bridgehead atoms. The Labute approximate surface area is 157 Å². The number of carbonyl (C=O) groups is 1. The van der Waals surface area contributed by atoms with E-state index in [1.54, 1.807) is 19.1 Å². The van der Waals surface area contributed by atoms with Gasteiger partial charge in [0, 0.05) is 43.5 Å². The molecule has 0 radical (unpaired) electrons. The molecule has 2 aromatic rings. The van der Waals surface area contributed by atoms with Gasteiger partial charge in [0.05, 0.1) is 13.2 Å². The van der Waals surface area contributed by atoms with E-state index in [1.807, 2.05) is 6.07 Å². The summed E-state index contributed by atoms with van der Waals surface area (Å²) in [4.78, 5) is 22.6. The Balaban J connectivity index is 1.43. The van der Waals surface area contributed by atoms with Crippen LogP contribution in [0.25, 0.3) is 0 Å². The number of nitrogens with one attached hydrogen (secondary N) is 3. The quantitative estimate of drug-likeness (QED) is 0.670. The van der Waals surface area contributed by atoms with Crippen molar-refractivity contribution in [3.63, 3.8) is 0 Å². The van der Waals surface area contributed by atoms with E-state index < -0.39 is 0 Å². The lowest BCUT2D eigenvalue weighted by Gasteiger charge is -2.27. The second-order valence-electron chi connectivity index (χ2n) is 6.08. The molecule has 0 spiro atoms. The van der Waals surface area contributed by atoms with Gasteiger partial charge >= 0.3 is 6.03 Å². The minimum absolute atomic E-state index is 0.352. The van der Waals surface area contributed by atoms with E-state index in [0.29, 0.717) is 43.4 Å². The fraction of sp³-hybridized carbons (Fsp3) is 0.389. The van der Waals surface area contributed by atoms with Crippen LogP contribution in [0.3, 0.4) is 0 Å². The van der Waals surface area contributed by atoms with E-state index >= 15 is 0 Å². The van der Waals surface area contributed by atoms with Gasteiger partial charge in [-0.25, -0.2) is 19.2 Å². The van der Waals surface area contributed by atoms with Crippen molar-refractivity contribution in [2.45, 2.75) is 6.92 Å². The van der Waals surface area contributed by atoms with Crippen LogP contribution in [0, 0.1) is 12.7 Å². The highest BCUT2D eigenvalue weighted by Gasteiger charge is 2.13. The Morgan fingerprint density at radius 1 is 1.26 bits per heavy atom. The van der Waals surface area contributed by atoms with Crippen molar-refractivity contribution in [1.82, 2.24) is 15.3 Å². The summed E-state index contributed by atoms with van der Waals surface area (Å²) in [6.07, 6.45) is 1.51. The number of hydrogen-bond acceptors (Lipinski definition) is 6. The first-order valence-corrected chi connectivity index (χ1v) is 8.82. The molecule has 3 rings (SSSR count). The van der Waals surface area contributed by atoms with Gasteiger partial charge in [0.2, 0.25) is 0 Å². The molecule has 2 heterocycles. The van der Waals surface area contributed by atoms with E-state index in [1.165, 1.54) is 12.4 Å². The fourth-order valence-corrected chi connectivity index (χ4v) is 2.69. The maximum absolute atomic E-state index is 13.5. The summed E-state index contributed by atoms with van der Waals surface area (Å²) in [7, 11) is 0. The number of nitrogens with zero attached hydrogens (tertiary/aromatic N) is 3. The Kier molecular flexibility index (Phi) is 6.37. The van der Waals surface area contributed by atoms with Crippen LogP contribution >= 0.6 is 0 Å². The molecule has 1 saturated heterocycles. The van der Waals surface area contributed by atoms with Crippen molar-refractivity contribution in [2.24, 2.45) is 0 Å². The first-order chi connectivity index (χ1) is 13.1. The Bertz CT molecular complexity index is 782. The van der Waals surface area contributed by atoms with Crippen molar-refractivity contribution in [1.29, 1.82) is 0 Å². The molecule has 1 aromatic heterocycles. The van der Waals surface area contributed by atoms with E-state index in [-0.39, 0.29) is 11.8 Å². The predicted molar refractivity (Wildman–Crippen MR) is 102 cm³/mol. The Morgan fingerprint density at radius 3 is 2.89 bits per heavy atom. The number of aromatic nitrogens is 2. The molecule has 0 saturated carbocycles. The van der Waals surface area contributed by atoms with Gasteiger partial charge < -0.3 is 25.6 Å². The number of hydrogen-bond donors (Lipinski definition) is 3. The zero-order chi connectivity index (χ0) is 19.1. The monoisotopic (exact) mass is 374 g/mol. The third-order valence-corrected chi connectivity index (χ3v) is 4.22. The van der Waals surface area contributed by atoms with Crippen molar-refractivity contribution in [3.8, 4) is 0 Å². The van der Waals surface area contributed by atoms with E-state index in [4.69, 9.17) is 4.74 Å². The molecule has 0 aliphatic carbocycles. The zero-order valence-corrected chi connectivity index (χ0v) is 15.2. The lowest BCUT2D eigenvalue weighted by Crippen LogP contribution is -2.36. The molecule has 2 amide bonds. The van der Waals surface area contributed by atoms with Crippen LogP contribution in [-0.4, -0.2) is 55.4 Å². The molecule has 8 nitrogen and oxygen atoms in total. The van der Waals surface area contributed by atoms with Crippen LogP contribution in [0.15, 0.2) is 30.6 Å². The second kappa shape index (κ2) is 9.13. The van der Waals surface area contributed by atoms with E-state index in [2.05, 4.69) is 30.8 Å². The standard InChI is InChI=1S/C18H23FN6O2/c1-13-14(19)3-2-4-15(13)24-18(26)21-6-5-20-16-11-17(23-12-22-16)25-7-9-27-10-8-25/h2-4,11-12H,5-10H2,1H3,(H,20,22,23)(H2,21,24,26). The highest BCUT2D eigenvalue weighted by Crippen LogP contribution is 2.17. The predicted octanol–water partition coefficient (Wildman–Crippen LogP) is 1.99. The van der Waals surface area contributed by atoms with Gasteiger partial charge in [-0.3, -0.25) is 0 Å². The largest absolute Gasteiger partial charge is 0.378 e. The summed E-state index contributed by atoms with van der Waals surface area (Å²) in [6, 6.07) is 6.06.